The van der Waals surface area contributed by atoms with E-state index in [2.05, 4.69) is 10.2 Å². The number of ether oxygens (including phenoxy) is 2. The van der Waals surface area contributed by atoms with Gasteiger partial charge in [0.1, 0.15) is 11.5 Å². The van der Waals surface area contributed by atoms with Crippen LogP contribution in [0.15, 0.2) is 86.2 Å². The zero-order valence-corrected chi connectivity index (χ0v) is 20.8. The second-order valence-electron chi connectivity index (χ2n) is 7.70. The lowest BCUT2D eigenvalue weighted by Gasteiger charge is -2.31. The molecule has 1 aliphatic heterocycles. The van der Waals surface area contributed by atoms with Gasteiger partial charge >= 0.3 is 6.18 Å². The van der Waals surface area contributed by atoms with Gasteiger partial charge < -0.3 is 13.9 Å². The monoisotopic (exact) mass is 545 g/mol. The zero-order chi connectivity index (χ0) is 26.0. The zero-order valence-electron chi connectivity index (χ0n) is 19.2. The van der Waals surface area contributed by atoms with E-state index in [1.807, 2.05) is 12.1 Å². The van der Waals surface area contributed by atoms with Crippen molar-refractivity contribution in [1.82, 2.24) is 10.2 Å². The predicted octanol–water partition coefficient (Wildman–Crippen LogP) is 6.60. The second kappa shape index (κ2) is 10.4. The summed E-state index contributed by atoms with van der Waals surface area (Å²) in [5.74, 6) is 0.843. The predicted molar refractivity (Wildman–Crippen MR) is 132 cm³/mol. The minimum atomic E-state index is -4.53. The number of methoxy groups -OCH3 is 1. The summed E-state index contributed by atoms with van der Waals surface area (Å²) >= 11 is 2.31. The highest BCUT2D eigenvalue weighted by Gasteiger charge is 2.35. The Morgan fingerprint density at radius 2 is 1.78 bits per heavy atom. The molecule has 0 bridgehead atoms. The quantitative estimate of drug-likeness (QED) is 0.241. The Hall–Kier alpha value is -3.64. The number of benzene rings is 3. The molecular weight excluding hydrogens is 527 g/mol. The van der Waals surface area contributed by atoms with Crippen molar-refractivity contribution in [3.8, 4) is 11.5 Å². The molecule has 0 unspecified atom stereocenters. The fraction of sp³-hybridized carbons (Fsp3) is 0.160. The van der Waals surface area contributed by atoms with E-state index in [4.69, 9.17) is 13.9 Å². The summed E-state index contributed by atoms with van der Waals surface area (Å²) < 4.78 is 56.6. The lowest BCUT2D eigenvalue weighted by molar-refractivity contribution is -0.137. The smallest absolute Gasteiger partial charge is 0.416 e. The molecule has 1 amide bonds. The molecule has 0 saturated carbocycles. The molecule has 12 heteroatoms. The van der Waals surface area contributed by atoms with Gasteiger partial charge in [-0.05, 0) is 42.5 Å². The van der Waals surface area contributed by atoms with Crippen molar-refractivity contribution in [2.45, 2.75) is 27.8 Å². The Balaban J connectivity index is 1.30. The minimum absolute atomic E-state index is 0.0129. The van der Waals surface area contributed by atoms with Gasteiger partial charge in [-0.3, -0.25) is 9.69 Å². The summed E-state index contributed by atoms with van der Waals surface area (Å²) in [5, 5.41) is 8.00. The number of hydrogen-bond donors (Lipinski definition) is 0. The number of anilines is 2. The van der Waals surface area contributed by atoms with E-state index in [0.29, 0.717) is 22.1 Å². The molecule has 0 aliphatic carbocycles. The van der Waals surface area contributed by atoms with Crippen LogP contribution < -0.4 is 14.4 Å². The number of nitrogens with zero attached hydrogens (tertiary/aromatic N) is 3. The van der Waals surface area contributed by atoms with Crippen molar-refractivity contribution in [2.24, 2.45) is 0 Å². The SMILES string of the molecule is COc1cccc(OCc2nnc(SCC(=O)N3c4ccccc4Sc4ccc(C(F)(F)F)cc43)o2)c1. The first-order valence-electron chi connectivity index (χ1n) is 10.8. The molecule has 1 aromatic heterocycles. The molecule has 1 aliphatic rings. The molecule has 0 atom stereocenters. The maximum Gasteiger partial charge on any atom is 0.416 e. The highest BCUT2D eigenvalue weighted by atomic mass is 32.2. The van der Waals surface area contributed by atoms with Gasteiger partial charge in [-0.25, -0.2) is 0 Å². The molecule has 2 heterocycles. The molecule has 37 heavy (non-hydrogen) atoms. The van der Waals surface area contributed by atoms with Crippen LogP contribution in [0.1, 0.15) is 11.5 Å². The molecule has 0 saturated heterocycles. The molecule has 0 radical (unpaired) electrons. The van der Waals surface area contributed by atoms with Crippen LogP contribution in [0, 0.1) is 0 Å². The molecule has 0 spiro atoms. The molecule has 0 N–H and O–H groups in total. The van der Waals surface area contributed by atoms with E-state index in [1.165, 1.54) is 22.7 Å². The molecule has 4 aromatic rings. The molecule has 7 nitrogen and oxygen atoms in total. The van der Waals surface area contributed by atoms with Gasteiger partial charge in [0.2, 0.25) is 5.91 Å². The van der Waals surface area contributed by atoms with Gasteiger partial charge in [0, 0.05) is 15.9 Å². The largest absolute Gasteiger partial charge is 0.497 e. The van der Waals surface area contributed by atoms with Crippen molar-refractivity contribution in [1.29, 1.82) is 0 Å². The van der Waals surface area contributed by atoms with Gasteiger partial charge in [0.15, 0.2) is 6.61 Å². The number of carbonyl (C=O) groups excluding carboxylic acids is 1. The second-order valence-corrected chi connectivity index (χ2v) is 9.71. The topological polar surface area (TPSA) is 77.7 Å². The lowest BCUT2D eigenvalue weighted by Crippen LogP contribution is -2.30. The van der Waals surface area contributed by atoms with Gasteiger partial charge in [-0.2, -0.15) is 13.2 Å². The summed E-state index contributed by atoms with van der Waals surface area (Å²) in [6, 6.07) is 17.5. The summed E-state index contributed by atoms with van der Waals surface area (Å²) in [7, 11) is 1.55. The van der Waals surface area contributed by atoms with Crippen molar-refractivity contribution in [3.05, 3.63) is 78.2 Å². The third-order valence-electron chi connectivity index (χ3n) is 5.27. The van der Waals surface area contributed by atoms with Crippen LogP contribution in [0.4, 0.5) is 24.5 Å². The third-order valence-corrected chi connectivity index (χ3v) is 7.21. The van der Waals surface area contributed by atoms with Crippen LogP contribution in [-0.2, 0) is 17.6 Å². The number of alkyl halides is 3. The van der Waals surface area contributed by atoms with Gasteiger partial charge in [0.25, 0.3) is 11.1 Å². The van der Waals surface area contributed by atoms with Crippen LogP contribution in [0.3, 0.4) is 0 Å². The number of halogens is 3. The first-order valence-corrected chi connectivity index (χ1v) is 12.6. The van der Waals surface area contributed by atoms with E-state index in [0.717, 1.165) is 28.8 Å². The first-order chi connectivity index (χ1) is 17.8. The average molecular weight is 546 g/mol. The van der Waals surface area contributed by atoms with Crippen molar-refractivity contribution >= 4 is 40.8 Å². The third kappa shape index (κ3) is 5.54. The Kier molecular flexibility index (Phi) is 7.02. The molecule has 0 fully saturated rings. The number of para-hydroxylation sites is 1. The Labute approximate surface area is 218 Å². The highest BCUT2D eigenvalue weighted by Crippen LogP contribution is 2.49. The summed E-state index contributed by atoms with van der Waals surface area (Å²) in [4.78, 5) is 16.0. The number of rotatable bonds is 7. The number of aromatic nitrogens is 2. The van der Waals surface area contributed by atoms with Gasteiger partial charge in [-0.1, -0.05) is 41.7 Å². The first kappa shape index (κ1) is 25.0. The maximum atomic E-state index is 13.4. The van der Waals surface area contributed by atoms with Crippen molar-refractivity contribution in [2.75, 3.05) is 17.8 Å². The fourth-order valence-electron chi connectivity index (χ4n) is 3.58. The van der Waals surface area contributed by atoms with Crippen LogP contribution in [0.2, 0.25) is 0 Å². The van der Waals surface area contributed by atoms with E-state index >= 15 is 0 Å². The van der Waals surface area contributed by atoms with Crippen LogP contribution in [0.25, 0.3) is 0 Å². The number of amides is 1. The van der Waals surface area contributed by atoms with E-state index in [-0.39, 0.29) is 29.2 Å². The summed E-state index contributed by atoms with van der Waals surface area (Å²) in [6.45, 7) is 0.0129. The summed E-state index contributed by atoms with van der Waals surface area (Å²) in [6.07, 6.45) is -4.53. The summed E-state index contributed by atoms with van der Waals surface area (Å²) in [5.41, 5.74) is -0.126. The van der Waals surface area contributed by atoms with E-state index in [1.54, 1.807) is 43.5 Å². The average Bonchev–Trinajstić information content (AvgIpc) is 3.36. The molecule has 190 valence electrons. The molecule has 5 rings (SSSR count). The van der Waals surface area contributed by atoms with Crippen molar-refractivity contribution < 1.29 is 31.9 Å². The van der Waals surface area contributed by atoms with Crippen LogP contribution in [-0.4, -0.2) is 29.0 Å². The number of carbonyl (C=O) groups is 1. The Bertz CT molecular complexity index is 1440. The molecule has 3 aromatic carbocycles. The van der Waals surface area contributed by atoms with Crippen LogP contribution in [0.5, 0.6) is 11.5 Å². The fourth-order valence-corrected chi connectivity index (χ4v) is 5.25. The standard InChI is InChI=1S/C25H18F3N3O4S2/c1-33-16-5-4-6-17(12-16)34-13-22-29-30-24(35-22)36-14-23(32)31-18-7-2-3-8-20(18)37-21-10-9-15(11-19(21)31)25(26,27)28/h2-12H,13-14H2,1H3. The number of hydrogen-bond acceptors (Lipinski definition) is 8. The van der Waals surface area contributed by atoms with Gasteiger partial charge in [-0.15, -0.1) is 10.2 Å². The lowest BCUT2D eigenvalue weighted by atomic mass is 10.1. The number of thioether (sulfide) groups is 1. The van der Waals surface area contributed by atoms with E-state index < -0.39 is 17.6 Å². The minimum Gasteiger partial charge on any atom is -0.497 e. The highest BCUT2D eigenvalue weighted by molar-refractivity contribution is 8.00. The molecular formula is C25H18F3N3O4S2. The van der Waals surface area contributed by atoms with E-state index in [9.17, 15) is 18.0 Å². The Morgan fingerprint density at radius 3 is 2.59 bits per heavy atom. The maximum absolute atomic E-state index is 13.4. The van der Waals surface area contributed by atoms with Crippen LogP contribution >= 0.6 is 23.5 Å². The Morgan fingerprint density at radius 1 is 1.00 bits per heavy atom. The number of fused-ring (bicyclic) bond motifs is 2. The normalized spacial score (nSPS) is 12.6. The van der Waals surface area contributed by atoms with Crippen molar-refractivity contribution in [3.63, 3.8) is 0 Å². The van der Waals surface area contributed by atoms with Gasteiger partial charge in [0.05, 0.1) is 29.8 Å².